The van der Waals surface area contributed by atoms with Gasteiger partial charge in [0.15, 0.2) is 5.13 Å². The highest BCUT2D eigenvalue weighted by molar-refractivity contribution is 7.22. The maximum Gasteiger partial charge on any atom is 0.231 e. The average molecular weight is 400 g/mol. The fraction of sp³-hybridized carbons (Fsp3) is 0.250. The van der Waals surface area contributed by atoms with Gasteiger partial charge in [-0.3, -0.25) is 9.59 Å². The number of benzene rings is 2. The number of hydrogen-bond donors (Lipinski definition) is 1. The van der Waals surface area contributed by atoms with E-state index in [4.69, 9.17) is 11.6 Å². The maximum atomic E-state index is 12.7. The second kappa shape index (κ2) is 6.94. The van der Waals surface area contributed by atoms with Crippen molar-refractivity contribution in [3.8, 4) is 0 Å². The molecular weight excluding hydrogens is 382 g/mol. The lowest BCUT2D eigenvalue weighted by Crippen LogP contribution is -2.28. The number of fused-ring (bicyclic) bond motifs is 1. The first-order valence-electron chi connectivity index (χ1n) is 8.66. The van der Waals surface area contributed by atoms with Crippen LogP contribution in [0.1, 0.15) is 17.5 Å². The molecule has 5 nitrogen and oxygen atoms in total. The summed E-state index contributed by atoms with van der Waals surface area (Å²) in [7, 11) is 0. The number of hydrogen-bond acceptors (Lipinski definition) is 4. The van der Waals surface area contributed by atoms with Crippen molar-refractivity contribution < 1.29 is 9.59 Å². The lowest BCUT2D eigenvalue weighted by molar-refractivity contribution is -0.122. The van der Waals surface area contributed by atoms with Crippen LogP contribution in [0, 0.1) is 19.8 Å². The van der Waals surface area contributed by atoms with Gasteiger partial charge in [-0.15, -0.1) is 0 Å². The lowest BCUT2D eigenvalue weighted by Gasteiger charge is -2.17. The van der Waals surface area contributed by atoms with E-state index in [1.54, 1.807) is 11.0 Å². The Morgan fingerprint density at radius 2 is 2.07 bits per heavy atom. The SMILES string of the molecule is Cc1ccc(N2CC(C(=O)Nc3nc4c(C)cccc4s3)CC2=O)cc1Cl. The van der Waals surface area contributed by atoms with E-state index < -0.39 is 5.92 Å². The van der Waals surface area contributed by atoms with Gasteiger partial charge in [-0.05, 0) is 43.2 Å². The summed E-state index contributed by atoms with van der Waals surface area (Å²) in [5.41, 5.74) is 3.65. The van der Waals surface area contributed by atoms with Crippen molar-refractivity contribution in [3.63, 3.8) is 0 Å². The van der Waals surface area contributed by atoms with E-state index in [0.29, 0.717) is 16.7 Å². The van der Waals surface area contributed by atoms with Crippen LogP contribution in [0.2, 0.25) is 5.02 Å². The number of carbonyl (C=O) groups excluding carboxylic acids is 2. The molecule has 1 atom stereocenters. The van der Waals surface area contributed by atoms with Crippen molar-refractivity contribution in [2.45, 2.75) is 20.3 Å². The molecule has 1 aromatic heterocycles. The van der Waals surface area contributed by atoms with Crippen molar-refractivity contribution in [1.29, 1.82) is 0 Å². The van der Waals surface area contributed by atoms with Gasteiger partial charge in [0.1, 0.15) is 0 Å². The third-order valence-electron chi connectivity index (χ3n) is 4.81. The molecule has 0 bridgehead atoms. The Balaban J connectivity index is 1.50. The van der Waals surface area contributed by atoms with Gasteiger partial charge >= 0.3 is 0 Å². The Morgan fingerprint density at radius 3 is 2.81 bits per heavy atom. The minimum Gasteiger partial charge on any atom is -0.312 e. The van der Waals surface area contributed by atoms with E-state index in [9.17, 15) is 9.59 Å². The number of thiazole rings is 1. The molecule has 27 heavy (non-hydrogen) atoms. The van der Waals surface area contributed by atoms with Crippen molar-refractivity contribution in [2.75, 3.05) is 16.8 Å². The first-order valence-corrected chi connectivity index (χ1v) is 9.85. The van der Waals surface area contributed by atoms with Crippen LogP contribution in [0.4, 0.5) is 10.8 Å². The molecule has 0 saturated carbocycles. The molecule has 2 heterocycles. The highest BCUT2D eigenvalue weighted by Crippen LogP contribution is 2.31. The summed E-state index contributed by atoms with van der Waals surface area (Å²) in [6, 6.07) is 11.5. The van der Waals surface area contributed by atoms with Crippen LogP contribution < -0.4 is 10.2 Å². The second-order valence-electron chi connectivity index (χ2n) is 6.77. The average Bonchev–Trinajstić information content (AvgIpc) is 3.21. The highest BCUT2D eigenvalue weighted by Gasteiger charge is 2.35. The number of carbonyl (C=O) groups is 2. The zero-order valence-electron chi connectivity index (χ0n) is 15.0. The van der Waals surface area contributed by atoms with Crippen LogP contribution in [0.25, 0.3) is 10.2 Å². The topological polar surface area (TPSA) is 62.3 Å². The van der Waals surface area contributed by atoms with Crippen molar-refractivity contribution in [1.82, 2.24) is 4.98 Å². The van der Waals surface area contributed by atoms with E-state index in [0.717, 1.165) is 27.0 Å². The van der Waals surface area contributed by atoms with Gasteiger partial charge in [0.25, 0.3) is 0 Å². The first-order chi connectivity index (χ1) is 12.9. The van der Waals surface area contributed by atoms with Crippen LogP contribution in [0.5, 0.6) is 0 Å². The number of nitrogens with zero attached hydrogens (tertiary/aromatic N) is 2. The summed E-state index contributed by atoms with van der Waals surface area (Å²) < 4.78 is 1.03. The van der Waals surface area contributed by atoms with Crippen molar-refractivity contribution in [3.05, 3.63) is 52.5 Å². The van der Waals surface area contributed by atoms with Crippen LogP contribution in [-0.4, -0.2) is 23.3 Å². The monoisotopic (exact) mass is 399 g/mol. The van der Waals surface area contributed by atoms with E-state index in [1.807, 2.05) is 44.2 Å². The number of halogens is 1. The van der Waals surface area contributed by atoms with Crippen molar-refractivity contribution >= 4 is 55.8 Å². The number of anilines is 2. The van der Waals surface area contributed by atoms with Crippen LogP contribution >= 0.6 is 22.9 Å². The molecule has 7 heteroatoms. The van der Waals surface area contributed by atoms with Crippen LogP contribution in [0.3, 0.4) is 0 Å². The van der Waals surface area contributed by atoms with Gasteiger partial charge in [0, 0.05) is 23.7 Å². The van der Waals surface area contributed by atoms with Gasteiger partial charge in [-0.25, -0.2) is 4.98 Å². The molecule has 2 aromatic carbocycles. The predicted molar refractivity (Wildman–Crippen MR) is 110 cm³/mol. The van der Waals surface area contributed by atoms with E-state index >= 15 is 0 Å². The molecule has 138 valence electrons. The van der Waals surface area contributed by atoms with Gasteiger partial charge in [-0.2, -0.15) is 0 Å². The third kappa shape index (κ3) is 3.42. The summed E-state index contributed by atoms with van der Waals surface area (Å²) in [6.45, 7) is 4.25. The number of rotatable bonds is 3. The van der Waals surface area contributed by atoms with E-state index in [1.165, 1.54) is 11.3 Å². The first kappa shape index (κ1) is 17.9. The highest BCUT2D eigenvalue weighted by atomic mass is 35.5. The van der Waals surface area contributed by atoms with Gasteiger partial charge in [-0.1, -0.05) is 41.1 Å². The summed E-state index contributed by atoms with van der Waals surface area (Å²) in [4.78, 5) is 31.2. The number of amides is 2. The fourth-order valence-corrected chi connectivity index (χ4v) is 4.35. The number of para-hydroxylation sites is 1. The molecule has 3 aromatic rings. The van der Waals surface area contributed by atoms with Crippen LogP contribution in [0.15, 0.2) is 36.4 Å². The van der Waals surface area contributed by atoms with Gasteiger partial charge < -0.3 is 10.2 Å². The number of aryl methyl sites for hydroxylation is 2. The molecule has 0 spiro atoms. The summed E-state index contributed by atoms with van der Waals surface area (Å²) in [6.07, 6.45) is 0.182. The number of nitrogens with one attached hydrogen (secondary N) is 1. The molecule has 1 aliphatic rings. The normalized spacial score (nSPS) is 16.9. The van der Waals surface area contributed by atoms with Crippen LogP contribution in [-0.2, 0) is 9.59 Å². The maximum absolute atomic E-state index is 12.7. The van der Waals surface area contributed by atoms with Gasteiger partial charge in [0.2, 0.25) is 11.8 Å². The largest absolute Gasteiger partial charge is 0.312 e. The Kier molecular flexibility index (Phi) is 4.61. The smallest absolute Gasteiger partial charge is 0.231 e. The molecule has 1 saturated heterocycles. The minimum atomic E-state index is -0.411. The Morgan fingerprint density at radius 1 is 1.26 bits per heavy atom. The summed E-state index contributed by atoms with van der Waals surface area (Å²) in [5.74, 6) is -0.665. The summed E-state index contributed by atoms with van der Waals surface area (Å²) >= 11 is 7.61. The predicted octanol–water partition coefficient (Wildman–Crippen LogP) is 4.56. The van der Waals surface area contributed by atoms with E-state index in [2.05, 4.69) is 10.3 Å². The standard InChI is InChI=1S/C20H18ClN3O2S/c1-11-6-7-14(9-15(11)21)24-10-13(8-17(24)25)19(26)23-20-22-18-12(2)4-3-5-16(18)27-20/h3-7,9,13H,8,10H2,1-2H3,(H,22,23,26). The minimum absolute atomic E-state index is 0.0739. The Labute approximate surface area is 166 Å². The number of aromatic nitrogens is 1. The zero-order valence-corrected chi connectivity index (χ0v) is 16.5. The molecular formula is C20H18ClN3O2S. The molecule has 0 aliphatic carbocycles. The molecule has 0 radical (unpaired) electrons. The third-order valence-corrected chi connectivity index (χ3v) is 6.16. The van der Waals surface area contributed by atoms with Crippen molar-refractivity contribution in [2.24, 2.45) is 5.92 Å². The molecule has 1 N–H and O–H groups in total. The molecule has 1 fully saturated rings. The molecule has 4 rings (SSSR count). The Bertz CT molecular complexity index is 1060. The Hall–Kier alpha value is -2.44. The lowest BCUT2D eigenvalue weighted by atomic mass is 10.1. The van der Waals surface area contributed by atoms with E-state index in [-0.39, 0.29) is 18.2 Å². The molecule has 1 aliphatic heterocycles. The zero-order chi connectivity index (χ0) is 19.1. The van der Waals surface area contributed by atoms with Gasteiger partial charge in [0.05, 0.1) is 16.1 Å². The molecule has 2 amide bonds. The quantitative estimate of drug-likeness (QED) is 0.702. The fourth-order valence-electron chi connectivity index (χ4n) is 3.23. The second-order valence-corrected chi connectivity index (χ2v) is 8.21. The molecule has 1 unspecified atom stereocenters. The summed E-state index contributed by atoms with van der Waals surface area (Å²) in [5, 5.41) is 4.05.